The standard InChI is InChI=1S/C23H29F3N4O/c1-15(2)13-29-10-9-18-20(14-29)27-28-21(18)22(31)30-11-7-16(8-12-30)17-5-3-4-6-19(17)23(24,25)26/h3-6,15-16H,7-14H2,1-2H3,(H,27,28). The average molecular weight is 435 g/mol. The van der Waals surface area contributed by atoms with Crippen LogP contribution in [0.2, 0.25) is 0 Å². The topological polar surface area (TPSA) is 52.2 Å². The lowest BCUT2D eigenvalue weighted by atomic mass is 9.86. The number of nitrogens with one attached hydrogen (secondary N) is 1. The monoisotopic (exact) mass is 434 g/mol. The molecule has 0 aliphatic carbocycles. The largest absolute Gasteiger partial charge is 0.416 e. The second kappa shape index (κ2) is 8.65. The Morgan fingerprint density at radius 1 is 1.19 bits per heavy atom. The third kappa shape index (κ3) is 4.63. The lowest BCUT2D eigenvalue weighted by Gasteiger charge is -2.33. The number of fused-ring (bicyclic) bond motifs is 1. The van der Waals surface area contributed by atoms with Gasteiger partial charge in [0, 0.05) is 38.3 Å². The van der Waals surface area contributed by atoms with Gasteiger partial charge in [0.2, 0.25) is 0 Å². The van der Waals surface area contributed by atoms with E-state index in [1.165, 1.54) is 6.07 Å². The van der Waals surface area contributed by atoms with Crippen LogP contribution in [-0.2, 0) is 19.1 Å². The predicted molar refractivity (Wildman–Crippen MR) is 112 cm³/mol. The number of piperidine rings is 1. The van der Waals surface area contributed by atoms with E-state index in [1.807, 2.05) is 0 Å². The highest BCUT2D eigenvalue weighted by molar-refractivity contribution is 5.94. The molecular weight excluding hydrogens is 405 g/mol. The number of rotatable bonds is 4. The van der Waals surface area contributed by atoms with Crippen LogP contribution in [0.4, 0.5) is 13.2 Å². The van der Waals surface area contributed by atoms with Gasteiger partial charge in [-0.1, -0.05) is 32.0 Å². The van der Waals surface area contributed by atoms with Crippen LogP contribution in [0.15, 0.2) is 24.3 Å². The number of hydrogen-bond acceptors (Lipinski definition) is 3. The fourth-order valence-electron chi connectivity index (χ4n) is 4.88. The Morgan fingerprint density at radius 3 is 2.58 bits per heavy atom. The summed E-state index contributed by atoms with van der Waals surface area (Å²) in [5.74, 6) is 0.270. The molecule has 2 aliphatic heterocycles. The number of H-pyrrole nitrogens is 1. The summed E-state index contributed by atoms with van der Waals surface area (Å²) >= 11 is 0. The van der Waals surface area contributed by atoms with Crippen molar-refractivity contribution in [2.45, 2.75) is 51.7 Å². The van der Waals surface area contributed by atoms with Crippen molar-refractivity contribution in [2.24, 2.45) is 5.92 Å². The molecule has 1 fully saturated rings. The highest BCUT2D eigenvalue weighted by Crippen LogP contribution is 2.38. The molecule has 168 valence electrons. The molecule has 0 spiro atoms. The Kier molecular flexibility index (Phi) is 6.10. The Hall–Kier alpha value is -2.35. The van der Waals surface area contributed by atoms with Crippen molar-refractivity contribution in [2.75, 3.05) is 26.2 Å². The number of carbonyl (C=O) groups is 1. The van der Waals surface area contributed by atoms with Crippen LogP contribution >= 0.6 is 0 Å². The maximum Gasteiger partial charge on any atom is 0.416 e. The van der Waals surface area contributed by atoms with Crippen LogP contribution in [0, 0.1) is 5.92 Å². The van der Waals surface area contributed by atoms with Crippen molar-refractivity contribution >= 4 is 5.91 Å². The summed E-state index contributed by atoms with van der Waals surface area (Å²) in [4.78, 5) is 17.2. The van der Waals surface area contributed by atoms with Crippen LogP contribution in [-0.4, -0.2) is 52.1 Å². The molecule has 0 unspecified atom stereocenters. The number of hydrogen-bond donors (Lipinski definition) is 1. The van der Waals surface area contributed by atoms with Gasteiger partial charge < -0.3 is 4.90 Å². The fourth-order valence-corrected chi connectivity index (χ4v) is 4.88. The molecule has 0 atom stereocenters. The lowest BCUT2D eigenvalue weighted by molar-refractivity contribution is -0.138. The van der Waals surface area contributed by atoms with E-state index in [-0.39, 0.29) is 11.8 Å². The number of alkyl halides is 3. The predicted octanol–water partition coefficient (Wildman–Crippen LogP) is 4.46. The first-order valence-electron chi connectivity index (χ1n) is 11.0. The molecular formula is C23H29F3N4O. The van der Waals surface area contributed by atoms with Crippen LogP contribution in [0.5, 0.6) is 0 Å². The van der Waals surface area contributed by atoms with E-state index in [0.717, 1.165) is 43.4 Å². The van der Waals surface area contributed by atoms with Gasteiger partial charge in [-0.15, -0.1) is 0 Å². The van der Waals surface area contributed by atoms with Crippen molar-refractivity contribution in [3.8, 4) is 0 Å². The van der Waals surface area contributed by atoms with E-state index in [0.29, 0.717) is 43.1 Å². The lowest BCUT2D eigenvalue weighted by Crippen LogP contribution is -2.39. The maximum atomic E-state index is 13.4. The number of benzene rings is 1. The number of aromatic nitrogens is 2. The molecule has 5 nitrogen and oxygen atoms in total. The minimum atomic E-state index is -4.36. The number of aromatic amines is 1. The summed E-state index contributed by atoms with van der Waals surface area (Å²) in [6.45, 7) is 7.94. The van der Waals surface area contributed by atoms with E-state index in [4.69, 9.17) is 0 Å². The first-order valence-corrected chi connectivity index (χ1v) is 11.0. The second-order valence-corrected chi connectivity index (χ2v) is 9.06. The molecule has 2 aromatic rings. The van der Waals surface area contributed by atoms with Crippen molar-refractivity contribution < 1.29 is 18.0 Å². The minimum absolute atomic E-state index is 0.114. The average Bonchev–Trinajstić information content (AvgIpc) is 3.15. The van der Waals surface area contributed by atoms with E-state index in [2.05, 4.69) is 28.9 Å². The summed E-state index contributed by atoms with van der Waals surface area (Å²) in [5.41, 5.74) is 2.25. The Bertz CT molecular complexity index is 929. The van der Waals surface area contributed by atoms with Crippen LogP contribution in [0.3, 0.4) is 0 Å². The molecule has 8 heteroatoms. The van der Waals surface area contributed by atoms with Crippen molar-refractivity contribution in [3.05, 3.63) is 52.3 Å². The first-order chi connectivity index (χ1) is 14.7. The zero-order chi connectivity index (χ0) is 22.2. The van der Waals surface area contributed by atoms with Gasteiger partial charge >= 0.3 is 6.18 Å². The summed E-state index contributed by atoms with van der Waals surface area (Å²) in [6, 6.07) is 5.79. The van der Waals surface area contributed by atoms with E-state index >= 15 is 0 Å². The molecule has 1 saturated heterocycles. The molecule has 1 aromatic carbocycles. The number of nitrogens with zero attached hydrogens (tertiary/aromatic N) is 3. The number of likely N-dealkylation sites (tertiary alicyclic amines) is 1. The Balaban J connectivity index is 1.42. The molecule has 0 bridgehead atoms. The molecule has 1 amide bonds. The van der Waals surface area contributed by atoms with Crippen LogP contribution in [0.25, 0.3) is 0 Å². The Morgan fingerprint density at radius 2 is 1.90 bits per heavy atom. The zero-order valence-electron chi connectivity index (χ0n) is 18.0. The molecule has 4 rings (SSSR count). The zero-order valence-corrected chi connectivity index (χ0v) is 18.0. The van der Waals surface area contributed by atoms with E-state index < -0.39 is 11.7 Å². The van der Waals surface area contributed by atoms with Crippen LogP contribution < -0.4 is 0 Å². The molecule has 0 saturated carbocycles. The molecule has 1 aromatic heterocycles. The van der Waals surface area contributed by atoms with Crippen molar-refractivity contribution in [1.82, 2.24) is 20.0 Å². The van der Waals surface area contributed by atoms with Gasteiger partial charge in [-0.2, -0.15) is 18.3 Å². The highest BCUT2D eigenvalue weighted by atomic mass is 19.4. The maximum absolute atomic E-state index is 13.4. The van der Waals surface area contributed by atoms with Crippen molar-refractivity contribution in [3.63, 3.8) is 0 Å². The molecule has 31 heavy (non-hydrogen) atoms. The van der Waals surface area contributed by atoms with Gasteiger partial charge in [-0.3, -0.25) is 14.8 Å². The summed E-state index contributed by atoms with van der Waals surface area (Å²) in [7, 11) is 0. The highest BCUT2D eigenvalue weighted by Gasteiger charge is 2.36. The molecule has 3 heterocycles. The molecule has 1 N–H and O–H groups in total. The van der Waals surface area contributed by atoms with Gasteiger partial charge in [-0.05, 0) is 42.7 Å². The quantitative estimate of drug-likeness (QED) is 0.773. The van der Waals surface area contributed by atoms with Crippen LogP contribution in [0.1, 0.15) is 65.5 Å². The van der Waals surface area contributed by atoms with Gasteiger partial charge in [0.25, 0.3) is 5.91 Å². The number of amides is 1. The van der Waals surface area contributed by atoms with E-state index in [1.54, 1.807) is 17.0 Å². The van der Waals surface area contributed by atoms with Crippen molar-refractivity contribution in [1.29, 1.82) is 0 Å². The van der Waals surface area contributed by atoms with Gasteiger partial charge in [0.1, 0.15) is 0 Å². The molecule has 2 aliphatic rings. The SMILES string of the molecule is CC(C)CN1CCc2c(C(=O)N3CCC(c4ccccc4C(F)(F)F)CC3)n[nH]c2C1. The number of carbonyl (C=O) groups excluding carboxylic acids is 1. The normalized spacial score (nSPS) is 18.5. The summed E-state index contributed by atoms with van der Waals surface area (Å²) in [5, 5.41) is 7.36. The third-order valence-electron chi connectivity index (χ3n) is 6.33. The van der Waals surface area contributed by atoms with Gasteiger partial charge in [0.15, 0.2) is 5.69 Å². The second-order valence-electron chi connectivity index (χ2n) is 9.06. The smallest absolute Gasteiger partial charge is 0.337 e. The Labute approximate surface area is 180 Å². The summed E-state index contributed by atoms with van der Waals surface area (Å²) < 4.78 is 40.1. The fraction of sp³-hybridized carbons (Fsp3) is 0.565. The minimum Gasteiger partial charge on any atom is -0.337 e. The number of halogens is 3. The summed E-state index contributed by atoms with van der Waals surface area (Å²) in [6.07, 6.45) is -2.53. The van der Waals surface area contributed by atoms with Gasteiger partial charge in [0.05, 0.1) is 11.3 Å². The van der Waals surface area contributed by atoms with E-state index in [9.17, 15) is 18.0 Å². The first kappa shape index (κ1) is 21.9. The third-order valence-corrected chi connectivity index (χ3v) is 6.33. The molecule has 0 radical (unpaired) electrons. The van der Waals surface area contributed by atoms with Gasteiger partial charge in [-0.25, -0.2) is 0 Å².